The molecule has 1 fully saturated rings. The van der Waals surface area contributed by atoms with Gasteiger partial charge in [-0.05, 0) is 0 Å². The Bertz CT molecular complexity index is 169. The maximum absolute atomic E-state index is 10.3. The highest BCUT2D eigenvalue weighted by atomic mass is 16.7. The lowest BCUT2D eigenvalue weighted by Gasteiger charge is -2.16. The monoisotopic (exact) mass is 176 g/mol. The molecular weight excluding hydrogens is 164 g/mol. The second-order valence-corrected chi connectivity index (χ2v) is 2.77. The first-order valence-electron chi connectivity index (χ1n) is 3.69. The lowest BCUT2D eigenvalue weighted by molar-refractivity contribution is -0.145. The van der Waals surface area contributed by atoms with Gasteiger partial charge in [-0.15, -0.1) is 0 Å². The van der Waals surface area contributed by atoms with Gasteiger partial charge < -0.3 is 19.7 Å². The van der Waals surface area contributed by atoms with Crippen molar-refractivity contribution >= 4 is 5.97 Å². The molecule has 1 unspecified atom stereocenters. The van der Waals surface area contributed by atoms with E-state index in [1.165, 1.54) is 7.11 Å². The van der Waals surface area contributed by atoms with Gasteiger partial charge in [-0.1, -0.05) is 0 Å². The summed E-state index contributed by atoms with van der Waals surface area (Å²) in [7, 11) is 1.43. The Morgan fingerprint density at radius 3 is 2.92 bits per heavy atom. The Morgan fingerprint density at radius 2 is 2.42 bits per heavy atom. The standard InChI is InChI=1S/C7H12O5/c1-11-7-4(2-6(9)10)5(8)3-12-7/h4-5,7-8H,2-3H2,1H3,(H,9,10)/t4-,5-,7?/m0/s1. The van der Waals surface area contributed by atoms with Crippen LogP contribution in [0.5, 0.6) is 0 Å². The molecule has 1 saturated heterocycles. The average Bonchev–Trinajstić information content (AvgIpc) is 2.32. The Labute approximate surface area is 69.9 Å². The normalized spacial score (nSPS) is 35.3. The highest BCUT2D eigenvalue weighted by Crippen LogP contribution is 2.24. The van der Waals surface area contributed by atoms with Crippen LogP contribution in [0.1, 0.15) is 6.42 Å². The number of methoxy groups -OCH3 is 1. The minimum atomic E-state index is -0.952. The van der Waals surface area contributed by atoms with Gasteiger partial charge in [0.05, 0.1) is 19.1 Å². The summed E-state index contributed by atoms with van der Waals surface area (Å²) >= 11 is 0. The average molecular weight is 176 g/mol. The summed E-state index contributed by atoms with van der Waals surface area (Å²) in [6, 6.07) is 0. The van der Waals surface area contributed by atoms with Crippen LogP contribution in [0.3, 0.4) is 0 Å². The molecule has 5 heteroatoms. The third-order valence-corrected chi connectivity index (χ3v) is 1.92. The molecule has 3 atom stereocenters. The number of carbonyl (C=O) groups is 1. The van der Waals surface area contributed by atoms with Crippen LogP contribution >= 0.6 is 0 Å². The van der Waals surface area contributed by atoms with Crippen molar-refractivity contribution in [3.05, 3.63) is 0 Å². The van der Waals surface area contributed by atoms with E-state index in [1.807, 2.05) is 0 Å². The van der Waals surface area contributed by atoms with Crippen molar-refractivity contribution in [3.63, 3.8) is 0 Å². The number of aliphatic hydroxyl groups excluding tert-OH is 1. The maximum atomic E-state index is 10.3. The molecule has 1 aliphatic rings. The van der Waals surface area contributed by atoms with E-state index in [0.717, 1.165) is 0 Å². The fraction of sp³-hybridized carbons (Fsp3) is 0.857. The third-order valence-electron chi connectivity index (χ3n) is 1.92. The summed E-state index contributed by atoms with van der Waals surface area (Å²) in [6.45, 7) is 0.149. The SMILES string of the molecule is COC1OC[C@H](O)[C@@H]1CC(=O)O. The van der Waals surface area contributed by atoms with Gasteiger partial charge in [-0.25, -0.2) is 0 Å². The second-order valence-electron chi connectivity index (χ2n) is 2.77. The molecule has 5 nitrogen and oxygen atoms in total. The van der Waals surface area contributed by atoms with Crippen molar-refractivity contribution in [3.8, 4) is 0 Å². The van der Waals surface area contributed by atoms with E-state index < -0.39 is 24.3 Å². The van der Waals surface area contributed by atoms with Crippen LogP contribution in [0.25, 0.3) is 0 Å². The Kier molecular flexibility index (Phi) is 3.02. The van der Waals surface area contributed by atoms with Crippen molar-refractivity contribution in [1.82, 2.24) is 0 Å². The van der Waals surface area contributed by atoms with Crippen molar-refractivity contribution in [2.24, 2.45) is 5.92 Å². The molecule has 0 saturated carbocycles. The number of rotatable bonds is 3. The summed E-state index contributed by atoms with van der Waals surface area (Å²) in [5, 5.41) is 17.8. The zero-order valence-corrected chi connectivity index (χ0v) is 6.77. The summed E-state index contributed by atoms with van der Waals surface area (Å²) < 4.78 is 9.84. The molecule has 0 bridgehead atoms. The number of ether oxygens (including phenoxy) is 2. The van der Waals surface area contributed by atoms with Crippen LogP contribution in [0.15, 0.2) is 0 Å². The van der Waals surface area contributed by atoms with Gasteiger partial charge in [0.15, 0.2) is 6.29 Å². The molecule has 1 heterocycles. The molecular formula is C7H12O5. The van der Waals surface area contributed by atoms with Gasteiger partial charge in [0.2, 0.25) is 0 Å². The van der Waals surface area contributed by atoms with Crippen LogP contribution in [-0.4, -0.2) is 42.3 Å². The van der Waals surface area contributed by atoms with Crippen LogP contribution in [0.4, 0.5) is 0 Å². The maximum Gasteiger partial charge on any atom is 0.303 e. The molecule has 0 spiro atoms. The van der Waals surface area contributed by atoms with Crippen LogP contribution in [-0.2, 0) is 14.3 Å². The van der Waals surface area contributed by atoms with Crippen LogP contribution in [0, 0.1) is 5.92 Å². The van der Waals surface area contributed by atoms with Crippen LogP contribution in [0.2, 0.25) is 0 Å². The summed E-state index contributed by atoms with van der Waals surface area (Å²) in [5.74, 6) is -1.40. The fourth-order valence-corrected chi connectivity index (χ4v) is 1.30. The molecule has 1 rings (SSSR count). The molecule has 0 radical (unpaired) electrons. The van der Waals surface area contributed by atoms with Gasteiger partial charge in [-0.3, -0.25) is 4.79 Å². The summed E-state index contributed by atoms with van der Waals surface area (Å²) in [4.78, 5) is 10.3. The fourth-order valence-electron chi connectivity index (χ4n) is 1.30. The number of carboxylic acids is 1. The van der Waals surface area contributed by atoms with Crippen molar-refractivity contribution < 1.29 is 24.5 Å². The number of hydrogen-bond donors (Lipinski definition) is 2. The first-order chi connectivity index (χ1) is 5.65. The van der Waals surface area contributed by atoms with Gasteiger partial charge in [0, 0.05) is 13.0 Å². The predicted octanol–water partition coefficient (Wildman–Crippen LogP) is -0.559. The smallest absolute Gasteiger partial charge is 0.303 e. The number of hydrogen-bond acceptors (Lipinski definition) is 4. The van der Waals surface area contributed by atoms with Gasteiger partial charge in [0.25, 0.3) is 0 Å². The molecule has 1 aliphatic heterocycles. The van der Waals surface area contributed by atoms with E-state index in [2.05, 4.69) is 0 Å². The van der Waals surface area contributed by atoms with E-state index in [9.17, 15) is 9.90 Å². The van der Waals surface area contributed by atoms with Gasteiger partial charge in [0.1, 0.15) is 0 Å². The largest absolute Gasteiger partial charge is 0.481 e. The topological polar surface area (TPSA) is 76.0 Å². The van der Waals surface area contributed by atoms with Gasteiger partial charge >= 0.3 is 5.97 Å². The van der Waals surface area contributed by atoms with Gasteiger partial charge in [-0.2, -0.15) is 0 Å². The number of carboxylic acid groups (broad SMARTS) is 1. The van der Waals surface area contributed by atoms with Crippen molar-refractivity contribution in [2.75, 3.05) is 13.7 Å². The second kappa shape index (κ2) is 3.84. The Hall–Kier alpha value is -0.650. The molecule has 0 amide bonds. The van der Waals surface area contributed by atoms with Crippen LogP contribution < -0.4 is 0 Å². The van der Waals surface area contributed by atoms with Crippen molar-refractivity contribution in [2.45, 2.75) is 18.8 Å². The summed E-state index contributed by atoms with van der Waals surface area (Å²) in [6.07, 6.45) is -1.44. The lowest BCUT2D eigenvalue weighted by atomic mass is 10.0. The van der Waals surface area contributed by atoms with Crippen molar-refractivity contribution in [1.29, 1.82) is 0 Å². The zero-order valence-electron chi connectivity index (χ0n) is 6.77. The predicted molar refractivity (Wildman–Crippen MR) is 38.5 cm³/mol. The third kappa shape index (κ3) is 1.94. The van der Waals surface area contributed by atoms with E-state index in [-0.39, 0.29) is 13.0 Å². The first kappa shape index (κ1) is 9.44. The molecule has 2 N–H and O–H groups in total. The Balaban J connectivity index is 2.51. The minimum absolute atomic E-state index is 0.125. The molecule has 0 aliphatic carbocycles. The van der Waals surface area contributed by atoms with E-state index in [4.69, 9.17) is 14.6 Å². The van der Waals surface area contributed by atoms with E-state index >= 15 is 0 Å². The molecule has 12 heavy (non-hydrogen) atoms. The zero-order chi connectivity index (χ0) is 9.14. The first-order valence-corrected chi connectivity index (χ1v) is 3.69. The van der Waals surface area contributed by atoms with E-state index in [0.29, 0.717) is 0 Å². The molecule has 0 aromatic carbocycles. The molecule has 0 aromatic heterocycles. The quantitative estimate of drug-likeness (QED) is 0.602. The number of aliphatic hydroxyl groups is 1. The molecule has 0 aromatic rings. The summed E-state index contributed by atoms with van der Waals surface area (Å²) in [5.41, 5.74) is 0. The number of aliphatic carboxylic acids is 1. The lowest BCUT2D eigenvalue weighted by Crippen LogP contribution is -2.27. The highest BCUT2D eigenvalue weighted by molar-refractivity contribution is 5.67. The highest BCUT2D eigenvalue weighted by Gasteiger charge is 2.37. The molecule has 70 valence electrons. The Morgan fingerprint density at radius 1 is 1.75 bits per heavy atom. The van der Waals surface area contributed by atoms with E-state index in [1.54, 1.807) is 0 Å². The minimum Gasteiger partial charge on any atom is -0.481 e.